The van der Waals surface area contributed by atoms with Crippen LogP contribution in [0.3, 0.4) is 0 Å². The molecule has 138 valence electrons. The van der Waals surface area contributed by atoms with Crippen LogP contribution in [0, 0.1) is 6.92 Å². The zero-order valence-corrected chi connectivity index (χ0v) is 15.9. The zero-order chi connectivity index (χ0) is 19.3. The fourth-order valence-electron chi connectivity index (χ4n) is 2.48. The van der Waals surface area contributed by atoms with Crippen molar-refractivity contribution in [1.29, 1.82) is 0 Å². The molecule has 0 heterocycles. The summed E-state index contributed by atoms with van der Waals surface area (Å²) < 4.78 is 11.9. The highest BCUT2D eigenvalue weighted by molar-refractivity contribution is 6.07. The van der Waals surface area contributed by atoms with Crippen molar-refractivity contribution in [2.75, 3.05) is 0 Å². The number of carbonyl (C=O) groups is 1. The number of ether oxygens (including phenoxy) is 2. The number of hydrogen-bond acceptors (Lipinski definition) is 4. The molecule has 0 aromatic heterocycles. The van der Waals surface area contributed by atoms with Crippen molar-refractivity contribution in [1.82, 2.24) is 0 Å². The second-order valence-electron chi connectivity index (χ2n) is 6.70. The number of hydrogen-bond donors (Lipinski definition) is 1. The van der Waals surface area contributed by atoms with Crippen LogP contribution in [-0.2, 0) is 0 Å². The molecule has 0 amide bonds. The van der Waals surface area contributed by atoms with Gasteiger partial charge in [-0.15, -0.1) is 0 Å². The third kappa shape index (κ3) is 5.12. The van der Waals surface area contributed by atoms with Crippen LogP contribution in [0.1, 0.15) is 49.2 Å². The lowest BCUT2D eigenvalue weighted by Crippen LogP contribution is -2.11. The monoisotopic (exact) mass is 354 g/mol. The van der Waals surface area contributed by atoms with Crippen LogP contribution < -0.4 is 9.47 Å². The highest BCUT2D eigenvalue weighted by atomic mass is 16.5. The topological polar surface area (TPSA) is 55.8 Å². The molecule has 0 saturated heterocycles. The van der Waals surface area contributed by atoms with Gasteiger partial charge in [-0.3, -0.25) is 4.79 Å². The summed E-state index contributed by atoms with van der Waals surface area (Å²) in [4.78, 5) is 12.4. The van der Waals surface area contributed by atoms with Crippen molar-refractivity contribution in [3.8, 4) is 17.2 Å². The summed E-state index contributed by atoms with van der Waals surface area (Å²) in [6.07, 6.45) is 3.24. The molecule has 0 aliphatic rings. The third-order valence-electron chi connectivity index (χ3n) is 3.62. The van der Waals surface area contributed by atoms with Crippen LogP contribution in [0.4, 0.5) is 0 Å². The fraction of sp³-hybridized carbons (Fsp3) is 0.318. The maximum atomic E-state index is 12.4. The molecule has 0 aliphatic carbocycles. The lowest BCUT2D eigenvalue weighted by molar-refractivity contribution is 0.104. The van der Waals surface area contributed by atoms with E-state index in [1.807, 2.05) is 46.8 Å². The molecule has 0 radical (unpaired) electrons. The quantitative estimate of drug-likeness (QED) is 0.550. The van der Waals surface area contributed by atoms with Crippen LogP contribution in [0.15, 0.2) is 42.5 Å². The highest BCUT2D eigenvalue weighted by Gasteiger charge is 2.15. The van der Waals surface area contributed by atoms with Crippen molar-refractivity contribution >= 4 is 11.9 Å². The number of phenolic OH excluding ortho intramolecular Hbond substituents is 1. The number of ketones is 1. The Morgan fingerprint density at radius 1 is 0.962 bits per heavy atom. The van der Waals surface area contributed by atoms with E-state index in [0.29, 0.717) is 17.1 Å². The molecule has 2 rings (SSSR count). The molecule has 4 heteroatoms. The van der Waals surface area contributed by atoms with E-state index >= 15 is 0 Å². The zero-order valence-electron chi connectivity index (χ0n) is 15.9. The lowest BCUT2D eigenvalue weighted by atomic mass is 10.0. The molecular formula is C22H26O4. The number of carbonyl (C=O) groups excluding carboxylic acids is 1. The van der Waals surface area contributed by atoms with E-state index < -0.39 is 0 Å². The SMILES string of the molecule is Cc1ccc(OC(C)C)c(/C=C/C(=O)c2ccc(O)cc2)c1OC(C)C. The van der Waals surface area contributed by atoms with E-state index in [1.165, 1.54) is 18.2 Å². The van der Waals surface area contributed by atoms with Crippen LogP contribution in [-0.4, -0.2) is 23.1 Å². The second-order valence-corrected chi connectivity index (χ2v) is 6.70. The van der Waals surface area contributed by atoms with Gasteiger partial charge in [-0.05, 0) is 82.7 Å². The molecule has 0 spiro atoms. The van der Waals surface area contributed by atoms with E-state index in [4.69, 9.17) is 9.47 Å². The van der Waals surface area contributed by atoms with Crippen LogP contribution in [0.5, 0.6) is 17.2 Å². The van der Waals surface area contributed by atoms with Crippen LogP contribution >= 0.6 is 0 Å². The largest absolute Gasteiger partial charge is 0.508 e. The van der Waals surface area contributed by atoms with Crippen LogP contribution in [0.2, 0.25) is 0 Å². The molecule has 26 heavy (non-hydrogen) atoms. The summed E-state index contributed by atoms with van der Waals surface area (Å²) in [5.41, 5.74) is 2.23. The molecule has 0 atom stereocenters. The van der Waals surface area contributed by atoms with E-state index in [2.05, 4.69) is 0 Å². The Labute approximate surface area is 155 Å². The summed E-state index contributed by atoms with van der Waals surface area (Å²) in [6.45, 7) is 9.81. The first-order chi connectivity index (χ1) is 12.3. The summed E-state index contributed by atoms with van der Waals surface area (Å²) in [6, 6.07) is 10.0. The maximum Gasteiger partial charge on any atom is 0.185 e. The number of phenols is 1. The summed E-state index contributed by atoms with van der Waals surface area (Å²) in [5.74, 6) is 1.37. The average Bonchev–Trinajstić information content (AvgIpc) is 2.56. The molecule has 0 fully saturated rings. The number of rotatable bonds is 7. The molecule has 4 nitrogen and oxygen atoms in total. The Morgan fingerprint density at radius 3 is 2.15 bits per heavy atom. The molecular weight excluding hydrogens is 328 g/mol. The van der Waals surface area contributed by atoms with Gasteiger partial charge < -0.3 is 14.6 Å². The van der Waals surface area contributed by atoms with Gasteiger partial charge in [0, 0.05) is 5.56 Å². The van der Waals surface area contributed by atoms with Gasteiger partial charge in [0.15, 0.2) is 5.78 Å². The second kappa shape index (κ2) is 8.56. The first-order valence-corrected chi connectivity index (χ1v) is 8.76. The Bertz CT molecular complexity index is 787. The number of allylic oxidation sites excluding steroid dienone is 1. The molecule has 1 N–H and O–H groups in total. The molecule has 0 aliphatic heterocycles. The van der Waals surface area contributed by atoms with Crippen molar-refractivity contribution in [3.05, 3.63) is 59.2 Å². The van der Waals surface area contributed by atoms with Gasteiger partial charge in [-0.1, -0.05) is 6.07 Å². The average molecular weight is 354 g/mol. The Kier molecular flexibility index (Phi) is 6.45. The normalized spacial score (nSPS) is 11.3. The van der Waals surface area contributed by atoms with Gasteiger partial charge >= 0.3 is 0 Å². The standard InChI is InChI=1S/C22H26O4/c1-14(2)25-21-13-6-16(5)22(26-15(3)4)19(21)11-12-20(24)17-7-9-18(23)10-8-17/h6-15,23H,1-5H3/b12-11+. The predicted molar refractivity (Wildman–Crippen MR) is 104 cm³/mol. The van der Waals surface area contributed by atoms with Gasteiger partial charge in [-0.2, -0.15) is 0 Å². The number of aromatic hydroxyl groups is 1. The summed E-state index contributed by atoms with van der Waals surface area (Å²) in [5, 5.41) is 9.36. The summed E-state index contributed by atoms with van der Waals surface area (Å²) in [7, 11) is 0. The van der Waals surface area contributed by atoms with Gasteiger partial charge in [0.2, 0.25) is 0 Å². The van der Waals surface area contributed by atoms with Gasteiger partial charge in [-0.25, -0.2) is 0 Å². The fourth-order valence-corrected chi connectivity index (χ4v) is 2.48. The van der Waals surface area contributed by atoms with Crippen molar-refractivity contribution in [2.45, 2.75) is 46.8 Å². The molecule has 0 saturated carbocycles. The minimum absolute atomic E-state index is 0.00273. The van der Waals surface area contributed by atoms with E-state index in [0.717, 1.165) is 11.1 Å². The number of benzene rings is 2. The summed E-state index contributed by atoms with van der Waals surface area (Å²) >= 11 is 0. The van der Waals surface area contributed by atoms with Gasteiger partial charge in [0.25, 0.3) is 0 Å². The number of aryl methyl sites for hydroxylation is 1. The van der Waals surface area contributed by atoms with E-state index in [9.17, 15) is 9.90 Å². The first-order valence-electron chi connectivity index (χ1n) is 8.76. The van der Waals surface area contributed by atoms with Crippen molar-refractivity contribution < 1.29 is 19.4 Å². The minimum Gasteiger partial charge on any atom is -0.508 e. The minimum atomic E-state index is -0.155. The lowest BCUT2D eigenvalue weighted by Gasteiger charge is -2.19. The molecule has 2 aromatic rings. The molecule has 0 bridgehead atoms. The first kappa shape index (κ1) is 19.6. The highest BCUT2D eigenvalue weighted by Crippen LogP contribution is 2.35. The molecule has 0 unspecified atom stereocenters. The Hall–Kier alpha value is -2.75. The van der Waals surface area contributed by atoms with Crippen LogP contribution in [0.25, 0.3) is 6.08 Å². The smallest absolute Gasteiger partial charge is 0.185 e. The van der Waals surface area contributed by atoms with E-state index in [1.54, 1.807) is 18.2 Å². The Morgan fingerprint density at radius 2 is 1.58 bits per heavy atom. The molecule has 2 aromatic carbocycles. The predicted octanol–water partition coefficient (Wildman–Crippen LogP) is 5.17. The van der Waals surface area contributed by atoms with Gasteiger partial charge in [0.1, 0.15) is 17.2 Å². The van der Waals surface area contributed by atoms with Crippen molar-refractivity contribution in [3.63, 3.8) is 0 Å². The Balaban J connectivity index is 2.42. The van der Waals surface area contributed by atoms with E-state index in [-0.39, 0.29) is 23.7 Å². The van der Waals surface area contributed by atoms with Gasteiger partial charge in [0.05, 0.1) is 17.8 Å². The van der Waals surface area contributed by atoms with Crippen molar-refractivity contribution in [2.24, 2.45) is 0 Å². The third-order valence-corrected chi connectivity index (χ3v) is 3.62. The maximum absolute atomic E-state index is 12.4.